The van der Waals surface area contributed by atoms with Gasteiger partial charge in [-0.25, -0.2) is 4.98 Å². The predicted octanol–water partition coefficient (Wildman–Crippen LogP) is 1.15. The maximum Gasteiger partial charge on any atom is 0.223 e. The molecule has 1 aliphatic rings. The van der Waals surface area contributed by atoms with Crippen LogP contribution in [-0.4, -0.2) is 38.8 Å². The lowest BCUT2D eigenvalue weighted by atomic mass is 10.3. The summed E-state index contributed by atoms with van der Waals surface area (Å²) in [5.41, 5.74) is 5.77. The van der Waals surface area contributed by atoms with E-state index >= 15 is 0 Å². The Morgan fingerprint density at radius 1 is 1.39 bits per heavy atom. The third-order valence-electron chi connectivity index (χ3n) is 2.99. The van der Waals surface area contributed by atoms with Gasteiger partial charge in [0.05, 0.1) is 5.39 Å². The molecule has 0 amide bonds. The first kappa shape index (κ1) is 11.9. The molecule has 0 aliphatic carbocycles. The van der Waals surface area contributed by atoms with Gasteiger partial charge < -0.3 is 10.6 Å². The van der Waals surface area contributed by atoms with Crippen molar-refractivity contribution in [3.63, 3.8) is 0 Å². The standard InChI is InChI=1S/C11H14N4OS2/c1-7-6-8-9(13-11(12)14-10(8)17-7)15-2-4-18(16)5-3-15/h6H,2-5H2,1H3,(H2,12,13,14). The van der Waals surface area contributed by atoms with Crippen LogP contribution in [-0.2, 0) is 10.8 Å². The van der Waals surface area contributed by atoms with Gasteiger partial charge in [-0.3, -0.25) is 4.21 Å². The number of nitrogen functional groups attached to an aromatic ring is 1. The Balaban J connectivity index is 2.07. The molecular formula is C11H14N4OS2. The maximum absolute atomic E-state index is 11.4. The van der Waals surface area contributed by atoms with Crippen molar-refractivity contribution in [3.05, 3.63) is 10.9 Å². The van der Waals surface area contributed by atoms with Gasteiger partial charge in [0.2, 0.25) is 5.95 Å². The second-order valence-electron chi connectivity index (χ2n) is 4.32. The number of nitrogens with zero attached hydrogens (tertiary/aromatic N) is 3. The molecule has 96 valence electrons. The minimum Gasteiger partial charge on any atom is -0.368 e. The number of aryl methyl sites for hydroxylation is 1. The second kappa shape index (κ2) is 4.47. The zero-order valence-electron chi connectivity index (χ0n) is 10.0. The first-order valence-electron chi connectivity index (χ1n) is 5.77. The molecular weight excluding hydrogens is 268 g/mol. The Labute approximate surface area is 111 Å². The van der Waals surface area contributed by atoms with Gasteiger partial charge in [-0.1, -0.05) is 0 Å². The number of fused-ring (bicyclic) bond motifs is 1. The summed E-state index contributed by atoms with van der Waals surface area (Å²) >= 11 is 1.63. The number of thiophene rings is 1. The van der Waals surface area contributed by atoms with E-state index in [0.29, 0.717) is 17.5 Å². The van der Waals surface area contributed by atoms with E-state index in [1.165, 1.54) is 4.88 Å². The molecule has 0 bridgehead atoms. The number of anilines is 2. The Hall–Kier alpha value is -1.21. The summed E-state index contributed by atoms with van der Waals surface area (Å²) in [5, 5.41) is 1.05. The largest absolute Gasteiger partial charge is 0.368 e. The number of nitrogens with two attached hydrogens (primary N) is 1. The van der Waals surface area contributed by atoms with Crippen LogP contribution in [0, 0.1) is 6.92 Å². The van der Waals surface area contributed by atoms with Gasteiger partial charge in [0.1, 0.15) is 10.6 Å². The summed E-state index contributed by atoms with van der Waals surface area (Å²) in [6.07, 6.45) is 0. The monoisotopic (exact) mass is 282 g/mol. The lowest BCUT2D eigenvalue weighted by Gasteiger charge is -2.27. The normalized spacial score (nSPS) is 17.5. The fraction of sp³-hybridized carbons (Fsp3) is 0.455. The molecule has 0 unspecified atom stereocenters. The van der Waals surface area contributed by atoms with Crippen LogP contribution in [0.4, 0.5) is 11.8 Å². The molecule has 0 radical (unpaired) electrons. The van der Waals surface area contributed by atoms with E-state index in [9.17, 15) is 4.21 Å². The molecule has 5 nitrogen and oxygen atoms in total. The molecule has 2 N–H and O–H groups in total. The summed E-state index contributed by atoms with van der Waals surface area (Å²) in [4.78, 5) is 12.9. The summed E-state index contributed by atoms with van der Waals surface area (Å²) in [5.74, 6) is 2.60. The number of aromatic nitrogens is 2. The second-order valence-corrected chi connectivity index (χ2v) is 7.25. The van der Waals surface area contributed by atoms with Crippen LogP contribution in [0.3, 0.4) is 0 Å². The van der Waals surface area contributed by atoms with Crippen LogP contribution in [0.1, 0.15) is 4.88 Å². The van der Waals surface area contributed by atoms with Crippen molar-refractivity contribution in [2.75, 3.05) is 35.2 Å². The van der Waals surface area contributed by atoms with Crippen LogP contribution in [0.2, 0.25) is 0 Å². The van der Waals surface area contributed by atoms with Gasteiger partial charge in [-0.2, -0.15) is 4.98 Å². The van der Waals surface area contributed by atoms with Crippen molar-refractivity contribution in [2.24, 2.45) is 0 Å². The van der Waals surface area contributed by atoms with Gasteiger partial charge in [-0.15, -0.1) is 11.3 Å². The molecule has 3 heterocycles. The molecule has 3 rings (SSSR count). The van der Waals surface area contributed by atoms with Crippen LogP contribution < -0.4 is 10.6 Å². The summed E-state index contributed by atoms with van der Waals surface area (Å²) in [6, 6.07) is 2.10. The Kier molecular flexibility index (Phi) is 2.95. The van der Waals surface area contributed by atoms with Crippen molar-refractivity contribution in [1.82, 2.24) is 9.97 Å². The van der Waals surface area contributed by atoms with Gasteiger partial charge in [0.25, 0.3) is 0 Å². The highest BCUT2D eigenvalue weighted by Gasteiger charge is 2.20. The third kappa shape index (κ3) is 2.08. The summed E-state index contributed by atoms with van der Waals surface area (Å²) < 4.78 is 11.4. The molecule has 1 saturated heterocycles. The van der Waals surface area contributed by atoms with Gasteiger partial charge in [0.15, 0.2) is 0 Å². The van der Waals surface area contributed by atoms with Crippen LogP contribution in [0.5, 0.6) is 0 Å². The fourth-order valence-corrected chi connectivity index (χ4v) is 4.07. The average molecular weight is 282 g/mol. The highest BCUT2D eigenvalue weighted by molar-refractivity contribution is 7.85. The fourth-order valence-electron chi connectivity index (χ4n) is 2.13. The molecule has 2 aromatic heterocycles. The molecule has 1 aliphatic heterocycles. The van der Waals surface area contributed by atoms with E-state index in [1.54, 1.807) is 11.3 Å². The molecule has 2 aromatic rings. The molecule has 0 aromatic carbocycles. The molecule has 18 heavy (non-hydrogen) atoms. The minimum atomic E-state index is -0.682. The number of hydrogen-bond acceptors (Lipinski definition) is 6. The molecule has 1 fully saturated rings. The maximum atomic E-state index is 11.4. The van der Waals surface area contributed by atoms with Crippen molar-refractivity contribution in [3.8, 4) is 0 Å². The van der Waals surface area contributed by atoms with E-state index < -0.39 is 10.8 Å². The van der Waals surface area contributed by atoms with Crippen molar-refractivity contribution >= 4 is 44.1 Å². The van der Waals surface area contributed by atoms with Crippen LogP contribution in [0.25, 0.3) is 10.2 Å². The van der Waals surface area contributed by atoms with Gasteiger partial charge >= 0.3 is 0 Å². The quantitative estimate of drug-likeness (QED) is 0.849. The Morgan fingerprint density at radius 2 is 2.11 bits per heavy atom. The van der Waals surface area contributed by atoms with E-state index in [4.69, 9.17) is 5.73 Å². The molecule has 0 spiro atoms. The van der Waals surface area contributed by atoms with Gasteiger partial charge in [0, 0.05) is 40.3 Å². The number of hydrogen-bond donors (Lipinski definition) is 1. The van der Waals surface area contributed by atoms with Gasteiger partial charge in [-0.05, 0) is 13.0 Å². The first-order valence-corrected chi connectivity index (χ1v) is 8.07. The Morgan fingerprint density at radius 3 is 2.83 bits per heavy atom. The lowest BCUT2D eigenvalue weighted by molar-refractivity contribution is 0.672. The lowest BCUT2D eigenvalue weighted by Crippen LogP contribution is -2.38. The third-order valence-corrected chi connectivity index (χ3v) is 5.21. The SMILES string of the molecule is Cc1cc2c(N3CCS(=O)CC3)nc(N)nc2s1. The van der Waals surface area contributed by atoms with E-state index in [0.717, 1.165) is 29.1 Å². The topological polar surface area (TPSA) is 72.1 Å². The van der Waals surface area contributed by atoms with Crippen molar-refractivity contribution in [1.29, 1.82) is 0 Å². The summed E-state index contributed by atoms with van der Waals surface area (Å²) in [6.45, 7) is 3.59. The first-order chi connectivity index (χ1) is 8.63. The van der Waals surface area contributed by atoms with Crippen LogP contribution >= 0.6 is 11.3 Å². The Bertz CT molecular complexity index is 615. The number of rotatable bonds is 1. The van der Waals surface area contributed by atoms with E-state index in [2.05, 4.69) is 27.9 Å². The molecule has 0 atom stereocenters. The predicted molar refractivity (Wildman–Crippen MR) is 76.7 cm³/mol. The van der Waals surface area contributed by atoms with E-state index in [1.807, 2.05) is 0 Å². The smallest absolute Gasteiger partial charge is 0.223 e. The van der Waals surface area contributed by atoms with Crippen molar-refractivity contribution in [2.45, 2.75) is 6.92 Å². The molecule has 7 heteroatoms. The highest BCUT2D eigenvalue weighted by atomic mass is 32.2. The zero-order chi connectivity index (χ0) is 12.7. The average Bonchev–Trinajstić information content (AvgIpc) is 2.69. The minimum absolute atomic E-state index is 0.311. The zero-order valence-corrected chi connectivity index (χ0v) is 11.7. The van der Waals surface area contributed by atoms with E-state index in [-0.39, 0.29) is 0 Å². The highest BCUT2D eigenvalue weighted by Crippen LogP contribution is 2.31. The van der Waals surface area contributed by atoms with Crippen LogP contribution in [0.15, 0.2) is 6.07 Å². The summed E-state index contributed by atoms with van der Waals surface area (Å²) in [7, 11) is -0.682. The van der Waals surface area contributed by atoms with Crippen molar-refractivity contribution < 1.29 is 4.21 Å². The molecule has 0 saturated carbocycles.